The van der Waals surface area contributed by atoms with E-state index < -0.39 is 17.7 Å². The Balaban J connectivity index is 1.86. The molecule has 1 aromatic heterocycles. The van der Waals surface area contributed by atoms with Gasteiger partial charge in [-0.2, -0.15) is 0 Å². The number of carbonyl (C=O) groups excluding carboxylic acids is 2. The number of carbonyl (C=O) groups is 2. The molecule has 0 bridgehead atoms. The second kappa shape index (κ2) is 8.50. The van der Waals surface area contributed by atoms with Crippen molar-refractivity contribution < 1.29 is 23.1 Å². The molecule has 4 rings (SSSR count). The Hall–Kier alpha value is -4.00. The highest BCUT2D eigenvalue weighted by atomic mass is 19.1. The first kappa shape index (κ1) is 22.2. The molecule has 0 aliphatic carbocycles. The second-order valence-corrected chi connectivity index (χ2v) is 7.74. The Kier molecular flexibility index (Phi) is 5.72. The van der Waals surface area contributed by atoms with E-state index in [1.807, 2.05) is 24.5 Å². The molecular formula is C26H22F2N2O3. The molecule has 0 fully saturated rings. The zero-order valence-electron chi connectivity index (χ0n) is 18.6. The van der Waals surface area contributed by atoms with E-state index in [1.165, 1.54) is 42.3 Å². The minimum absolute atomic E-state index is 0.0570. The van der Waals surface area contributed by atoms with Gasteiger partial charge in [-0.05, 0) is 74.9 Å². The quantitative estimate of drug-likeness (QED) is 0.405. The summed E-state index contributed by atoms with van der Waals surface area (Å²) in [5.41, 5.74) is 3.66. The molecule has 1 amide bonds. The third-order valence-corrected chi connectivity index (χ3v) is 5.74. The van der Waals surface area contributed by atoms with E-state index in [0.717, 1.165) is 17.1 Å². The van der Waals surface area contributed by atoms with Crippen LogP contribution in [0.2, 0.25) is 0 Å². The minimum Gasteiger partial charge on any atom is -0.465 e. The van der Waals surface area contributed by atoms with E-state index >= 15 is 0 Å². The molecule has 2 aromatic carbocycles. The highest BCUT2D eigenvalue weighted by Gasteiger charge is 2.39. The van der Waals surface area contributed by atoms with Gasteiger partial charge in [-0.1, -0.05) is 12.1 Å². The van der Waals surface area contributed by atoms with Crippen molar-refractivity contribution in [3.63, 3.8) is 0 Å². The van der Waals surface area contributed by atoms with Crippen LogP contribution in [0, 0.1) is 25.5 Å². The summed E-state index contributed by atoms with van der Waals surface area (Å²) in [7, 11) is 1.23. The highest BCUT2D eigenvalue weighted by Crippen LogP contribution is 2.37. The van der Waals surface area contributed by atoms with Crippen molar-refractivity contribution in [3.8, 4) is 5.69 Å². The zero-order valence-corrected chi connectivity index (χ0v) is 18.6. The SMILES string of the molecule is COC(=O)C1=C(C)N(c2ccccc2F)C(=O)/C1=C\c1cc(C)n(-c2ccc(F)cc2)c1C. The molecule has 0 radical (unpaired) electrons. The van der Waals surface area contributed by atoms with Crippen LogP contribution in [-0.4, -0.2) is 23.6 Å². The van der Waals surface area contributed by atoms with E-state index in [2.05, 4.69) is 0 Å². The van der Waals surface area contributed by atoms with Crippen LogP contribution in [0.4, 0.5) is 14.5 Å². The summed E-state index contributed by atoms with van der Waals surface area (Å²) in [6, 6.07) is 13.8. The molecule has 0 saturated carbocycles. The monoisotopic (exact) mass is 448 g/mol. The van der Waals surface area contributed by atoms with Gasteiger partial charge in [0.1, 0.15) is 11.6 Å². The number of rotatable bonds is 4. The van der Waals surface area contributed by atoms with Crippen LogP contribution in [0.1, 0.15) is 23.9 Å². The van der Waals surface area contributed by atoms with Crippen molar-refractivity contribution in [2.75, 3.05) is 12.0 Å². The lowest BCUT2D eigenvalue weighted by molar-refractivity contribution is -0.136. The van der Waals surface area contributed by atoms with Crippen molar-refractivity contribution in [3.05, 3.63) is 100 Å². The Labute approximate surface area is 190 Å². The summed E-state index contributed by atoms with van der Waals surface area (Å²) in [5.74, 6) is -2.12. The molecule has 2 heterocycles. The summed E-state index contributed by atoms with van der Waals surface area (Å²) < 4.78 is 34.7. The number of aromatic nitrogens is 1. The van der Waals surface area contributed by atoms with E-state index in [1.54, 1.807) is 31.2 Å². The zero-order chi connectivity index (χ0) is 23.9. The number of anilines is 1. The van der Waals surface area contributed by atoms with Gasteiger partial charge in [-0.25, -0.2) is 13.6 Å². The maximum Gasteiger partial charge on any atom is 0.340 e. The fourth-order valence-electron chi connectivity index (χ4n) is 4.18. The third-order valence-electron chi connectivity index (χ3n) is 5.74. The van der Waals surface area contributed by atoms with Crippen LogP contribution in [-0.2, 0) is 14.3 Å². The van der Waals surface area contributed by atoms with Crippen LogP contribution in [0.3, 0.4) is 0 Å². The van der Waals surface area contributed by atoms with Crippen molar-refractivity contribution in [2.24, 2.45) is 0 Å². The Morgan fingerprint density at radius 2 is 1.67 bits per heavy atom. The number of esters is 1. The van der Waals surface area contributed by atoms with Crippen LogP contribution in [0.25, 0.3) is 11.8 Å². The average molecular weight is 448 g/mol. The van der Waals surface area contributed by atoms with E-state index in [9.17, 15) is 18.4 Å². The molecule has 7 heteroatoms. The van der Waals surface area contributed by atoms with E-state index in [-0.39, 0.29) is 28.3 Å². The maximum absolute atomic E-state index is 14.5. The number of aryl methyl sites for hydroxylation is 1. The summed E-state index contributed by atoms with van der Waals surface area (Å²) in [6.07, 6.45) is 1.61. The minimum atomic E-state index is -0.682. The van der Waals surface area contributed by atoms with Gasteiger partial charge in [0.15, 0.2) is 0 Å². The van der Waals surface area contributed by atoms with E-state index in [0.29, 0.717) is 5.56 Å². The van der Waals surface area contributed by atoms with Crippen molar-refractivity contribution in [2.45, 2.75) is 20.8 Å². The number of nitrogens with zero attached hydrogens (tertiary/aromatic N) is 2. The summed E-state index contributed by atoms with van der Waals surface area (Å²) >= 11 is 0. The standard InChI is InChI=1S/C26H22F2N2O3/c1-15-13-18(16(2)29(15)20-11-9-19(27)10-12-20)14-21-24(26(32)33-4)17(3)30(25(21)31)23-8-6-5-7-22(23)28/h5-14H,1-4H3/b21-14-. The number of halogens is 2. The number of allylic oxidation sites excluding steroid dienone is 1. The average Bonchev–Trinajstić information content (AvgIpc) is 3.20. The summed E-state index contributed by atoms with van der Waals surface area (Å²) in [4.78, 5) is 27.2. The lowest BCUT2D eigenvalue weighted by Crippen LogP contribution is -2.25. The number of amides is 1. The molecular weight excluding hydrogens is 426 g/mol. The number of benzene rings is 2. The topological polar surface area (TPSA) is 51.5 Å². The van der Waals surface area contributed by atoms with Crippen LogP contribution in [0.15, 0.2) is 71.4 Å². The fraction of sp³-hybridized carbons (Fsp3) is 0.154. The van der Waals surface area contributed by atoms with Gasteiger partial charge in [-0.3, -0.25) is 9.69 Å². The van der Waals surface area contributed by atoms with Crippen molar-refractivity contribution in [1.29, 1.82) is 0 Å². The molecule has 5 nitrogen and oxygen atoms in total. The predicted molar refractivity (Wildman–Crippen MR) is 122 cm³/mol. The lowest BCUT2D eigenvalue weighted by Gasteiger charge is -2.18. The number of para-hydroxylation sites is 1. The predicted octanol–water partition coefficient (Wildman–Crippen LogP) is 5.25. The van der Waals surface area contributed by atoms with Gasteiger partial charge >= 0.3 is 5.97 Å². The number of hydrogen-bond donors (Lipinski definition) is 0. The van der Waals surface area contributed by atoms with Crippen LogP contribution < -0.4 is 4.90 Å². The molecule has 1 aliphatic heterocycles. The van der Waals surface area contributed by atoms with Crippen molar-refractivity contribution >= 4 is 23.6 Å². The first-order valence-electron chi connectivity index (χ1n) is 10.3. The first-order valence-corrected chi connectivity index (χ1v) is 10.3. The number of ether oxygens (including phenoxy) is 1. The molecule has 0 atom stereocenters. The smallest absolute Gasteiger partial charge is 0.340 e. The Morgan fingerprint density at radius 1 is 1.00 bits per heavy atom. The van der Waals surface area contributed by atoms with Crippen LogP contribution in [0.5, 0.6) is 0 Å². The third kappa shape index (κ3) is 3.75. The van der Waals surface area contributed by atoms with Gasteiger partial charge < -0.3 is 9.30 Å². The lowest BCUT2D eigenvalue weighted by atomic mass is 10.0. The van der Waals surface area contributed by atoms with Gasteiger partial charge in [0.25, 0.3) is 5.91 Å². The highest BCUT2D eigenvalue weighted by molar-refractivity contribution is 6.23. The van der Waals surface area contributed by atoms with E-state index in [4.69, 9.17) is 4.74 Å². The molecule has 168 valence electrons. The first-order chi connectivity index (χ1) is 15.7. The fourth-order valence-corrected chi connectivity index (χ4v) is 4.18. The number of hydrogen-bond acceptors (Lipinski definition) is 3. The molecule has 0 N–H and O–H groups in total. The molecule has 1 aliphatic rings. The Bertz CT molecular complexity index is 1330. The largest absolute Gasteiger partial charge is 0.465 e. The summed E-state index contributed by atoms with van der Waals surface area (Å²) in [6.45, 7) is 5.34. The molecule has 0 spiro atoms. The van der Waals surface area contributed by atoms with Crippen molar-refractivity contribution in [1.82, 2.24) is 4.57 Å². The molecule has 3 aromatic rings. The van der Waals surface area contributed by atoms with Gasteiger partial charge in [0.05, 0.1) is 23.9 Å². The number of methoxy groups -OCH3 is 1. The van der Waals surface area contributed by atoms with Gasteiger partial charge in [-0.15, -0.1) is 0 Å². The second-order valence-electron chi connectivity index (χ2n) is 7.74. The normalized spacial score (nSPS) is 15.0. The molecule has 0 saturated heterocycles. The Morgan fingerprint density at radius 3 is 2.30 bits per heavy atom. The van der Waals surface area contributed by atoms with Crippen LogP contribution >= 0.6 is 0 Å². The summed E-state index contributed by atoms with van der Waals surface area (Å²) in [5, 5.41) is 0. The molecule has 33 heavy (non-hydrogen) atoms. The van der Waals surface area contributed by atoms with Gasteiger partial charge in [0.2, 0.25) is 0 Å². The van der Waals surface area contributed by atoms with Gasteiger partial charge in [0, 0.05) is 22.8 Å². The maximum atomic E-state index is 14.5. The molecule has 0 unspecified atom stereocenters.